The largest absolute Gasteiger partial charge is 0.322 e. The zero-order valence-electron chi connectivity index (χ0n) is 15.0. The van der Waals surface area contributed by atoms with E-state index in [1.165, 1.54) is 5.56 Å². The zero-order chi connectivity index (χ0) is 18.9. The quantitative estimate of drug-likeness (QED) is 0.593. The second kappa shape index (κ2) is 6.74. The molecule has 136 valence electrons. The van der Waals surface area contributed by atoms with E-state index >= 15 is 0 Å². The standard InChI is InChI=1S/C22H17N5O/c28-21(27-12-10-15-5-1-2-9-19(15)27)17-13-24-22(25-14-17)26-18-8-3-6-16-7-4-11-23-20(16)18/h1-9,11,13-14H,10,12H2,(H,24,25,26). The Hall–Kier alpha value is -3.80. The SMILES string of the molecule is O=C(c1cnc(Nc2cccc3cccnc23)nc1)N1CCc2ccccc21. The lowest BCUT2D eigenvalue weighted by Crippen LogP contribution is -2.29. The number of fused-ring (bicyclic) bond motifs is 2. The van der Waals surface area contributed by atoms with Crippen LogP contribution in [-0.4, -0.2) is 27.4 Å². The minimum absolute atomic E-state index is 0.0803. The molecule has 1 aliphatic heterocycles. The van der Waals surface area contributed by atoms with Crippen LogP contribution in [0.2, 0.25) is 0 Å². The molecule has 0 aliphatic carbocycles. The van der Waals surface area contributed by atoms with Crippen molar-refractivity contribution in [2.24, 2.45) is 0 Å². The van der Waals surface area contributed by atoms with Crippen molar-refractivity contribution in [3.63, 3.8) is 0 Å². The van der Waals surface area contributed by atoms with Crippen molar-refractivity contribution in [2.75, 3.05) is 16.8 Å². The lowest BCUT2D eigenvalue weighted by atomic mass is 10.2. The monoisotopic (exact) mass is 367 g/mol. The minimum Gasteiger partial charge on any atom is -0.322 e. The summed E-state index contributed by atoms with van der Waals surface area (Å²) in [7, 11) is 0. The van der Waals surface area contributed by atoms with Crippen molar-refractivity contribution in [3.05, 3.63) is 84.3 Å². The van der Waals surface area contributed by atoms with Gasteiger partial charge < -0.3 is 10.2 Å². The molecular weight excluding hydrogens is 350 g/mol. The fourth-order valence-corrected chi connectivity index (χ4v) is 3.53. The Morgan fingerprint density at radius 1 is 0.929 bits per heavy atom. The highest BCUT2D eigenvalue weighted by atomic mass is 16.2. The molecule has 5 rings (SSSR count). The number of hydrogen-bond donors (Lipinski definition) is 1. The Kier molecular flexibility index (Phi) is 3.94. The van der Waals surface area contributed by atoms with Crippen LogP contribution in [-0.2, 0) is 6.42 Å². The number of pyridine rings is 1. The highest BCUT2D eigenvalue weighted by Crippen LogP contribution is 2.29. The molecule has 1 N–H and O–H groups in total. The number of rotatable bonds is 3. The Balaban J connectivity index is 1.38. The van der Waals surface area contributed by atoms with Crippen molar-refractivity contribution in [1.29, 1.82) is 0 Å². The second-order valence-electron chi connectivity index (χ2n) is 6.64. The van der Waals surface area contributed by atoms with Gasteiger partial charge in [0.15, 0.2) is 0 Å². The molecule has 0 unspecified atom stereocenters. The topological polar surface area (TPSA) is 71.0 Å². The molecule has 6 nitrogen and oxygen atoms in total. The molecule has 0 bridgehead atoms. The van der Waals surface area contributed by atoms with E-state index in [0.717, 1.165) is 28.7 Å². The summed E-state index contributed by atoms with van der Waals surface area (Å²) in [5, 5.41) is 4.22. The number of nitrogens with one attached hydrogen (secondary N) is 1. The summed E-state index contributed by atoms with van der Waals surface area (Å²) in [6.07, 6.45) is 5.76. The number of para-hydroxylation sites is 2. The van der Waals surface area contributed by atoms with Gasteiger partial charge in [-0.1, -0.05) is 36.4 Å². The first-order chi connectivity index (χ1) is 13.8. The fourth-order valence-electron chi connectivity index (χ4n) is 3.53. The van der Waals surface area contributed by atoms with Gasteiger partial charge in [0.1, 0.15) is 0 Å². The molecule has 0 radical (unpaired) electrons. The number of benzene rings is 2. The summed E-state index contributed by atoms with van der Waals surface area (Å²) < 4.78 is 0. The van der Waals surface area contributed by atoms with Gasteiger partial charge in [0, 0.05) is 36.2 Å². The van der Waals surface area contributed by atoms with Gasteiger partial charge in [0.2, 0.25) is 5.95 Å². The number of anilines is 3. The third kappa shape index (κ3) is 2.85. The van der Waals surface area contributed by atoms with E-state index in [1.54, 1.807) is 23.5 Å². The Morgan fingerprint density at radius 3 is 2.64 bits per heavy atom. The first-order valence-corrected chi connectivity index (χ1v) is 9.12. The van der Waals surface area contributed by atoms with E-state index in [4.69, 9.17) is 0 Å². The van der Waals surface area contributed by atoms with Gasteiger partial charge in [-0.25, -0.2) is 9.97 Å². The maximum Gasteiger partial charge on any atom is 0.261 e. The van der Waals surface area contributed by atoms with Crippen LogP contribution in [0.15, 0.2) is 73.2 Å². The molecular formula is C22H17N5O. The van der Waals surface area contributed by atoms with Crippen molar-refractivity contribution in [3.8, 4) is 0 Å². The van der Waals surface area contributed by atoms with Crippen LogP contribution >= 0.6 is 0 Å². The molecule has 28 heavy (non-hydrogen) atoms. The van der Waals surface area contributed by atoms with E-state index < -0.39 is 0 Å². The van der Waals surface area contributed by atoms with Crippen LogP contribution in [0.1, 0.15) is 15.9 Å². The van der Waals surface area contributed by atoms with Crippen LogP contribution in [0, 0.1) is 0 Å². The van der Waals surface area contributed by atoms with Crippen molar-refractivity contribution in [2.45, 2.75) is 6.42 Å². The van der Waals surface area contributed by atoms with Crippen LogP contribution in [0.25, 0.3) is 10.9 Å². The van der Waals surface area contributed by atoms with Gasteiger partial charge in [-0.3, -0.25) is 9.78 Å². The van der Waals surface area contributed by atoms with E-state index in [1.807, 2.05) is 48.5 Å². The molecule has 0 saturated carbocycles. The summed E-state index contributed by atoms with van der Waals surface area (Å²) >= 11 is 0. The van der Waals surface area contributed by atoms with E-state index in [2.05, 4.69) is 26.3 Å². The van der Waals surface area contributed by atoms with Gasteiger partial charge in [-0.05, 0) is 30.2 Å². The van der Waals surface area contributed by atoms with Gasteiger partial charge >= 0.3 is 0 Å². The van der Waals surface area contributed by atoms with Gasteiger partial charge in [-0.2, -0.15) is 0 Å². The summed E-state index contributed by atoms with van der Waals surface area (Å²) in [6, 6.07) is 17.8. The van der Waals surface area contributed by atoms with E-state index in [-0.39, 0.29) is 5.91 Å². The molecule has 0 saturated heterocycles. The number of aromatic nitrogens is 3. The molecule has 2 aromatic heterocycles. The van der Waals surface area contributed by atoms with Gasteiger partial charge in [0.05, 0.1) is 16.8 Å². The highest BCUT2D eigenvalue weighted by Gasteiger charge is 2.25. The first kappa shape index (κ1) is 16.4. The normalized spacial score (nSPS) is 12.8. The maximum atomic E-state index is 12.9. The third-order valence-corrected chi connectivity index (χ3v) is 4.91. The van der Waals surface area contributed by atoms with E-state index in [0.29, 0.717) is 18.1 Å². The number of carbonyl (C=O) groups is 1. The number of amides is 1. The molecule has 6 heteroatoms. The lowest BCUT2D eigenvalue weighted by Gasteiger charge is -2.17. The van der Waals surface area contributed by atoms with Crippen LogP contribution in [0.5, 0.6) is 0 Å². The fraction of sp³-hybridized carbons (Fsp3) is 0.0909. The van der Waals surface area contributed by atoms with Crippen molar-refractivity contribution in [1.82, 2.24) is 15.0 Å². The molecule has 3 heterocycles. The van der Waals surface area contributed by atoms with Crippen LogP contribution in [0.4, 0.5) is 17.3 Å². The summed E-state index contributed by atoms with van der Waals surface area (Å²) in [6.45, 7) is 0.680. The summed E-state index contributed by atoms with van der Waals surface area (Å²) in [5.41, 5.74) is 4.31. The molecule has 0 spiro atoms. The predicted molar refractivity (Wildman–Crippen MR) is 109 cm³/mol. The van der Waals surface area contributed by atoms with Gasteiger partial charge in [0.25, 0.3) is 5.91 Å². The second-order valence-corrected chi connectivity index (χ2v) is 6.64. The van der Waals surface area contributed by atoms with Gasteiger partial charge in [-0.15, -0.1) is 0 Å². The Bertz CT molecular complexity index is 1170. The molecule has 0 fully saturated rings. The molecule has 1 amide bonds. The highest BCUT2D eigenvalue weighted by molar-refractivity contribution is 6.07. The average Bonchev–Trinajstić information content (AvgIpc) is 3.18. The Morgan fingerprint density at radius 2 is 1.75 bits per heavy atom. The smallest absolute Gasteiger partial charge is 0.261 e. The first-order valence-electron chi connectivity index (χ1n) is 9.12. The maximum absolute atomic E-state index is 12.9. The Labute approximate surface area is 161 Å². The summed E-state index contributed by atoms with van der Waals surface area (Å²) in [5.74, 6) is 0.347. The summed E-state index contributed by atoms with van der Waals surface area (Å²) in [4.78, 5) is 27.7. The van der Waals surface area contributed by atoms with Crippen molar-refractivity contribution < 1.29 is 4.79 Å². The lowest BCUT2D eigenvalue weighted by molar-refractivity contribution is 0.0988. The minimum atomic E-state index is -0.0803. The van der Waals surface area contributed by atoms with Crippen LogP contribution < -0.4 is 10.2 Å². The molecule has 1 aliphatic rings. The molecule has 4 aromatic rings. The number of hydrogen-bond acceptors (Lipinski definition) is 5. The van der Waals surface area contributed by atoms with E-state index in [9.17, 15) is 4.79 Å². The van der Waals surface area contributed by atoms with Crippen molar-refractivity contribution >= 4 is 34.1 Å². The number of nitrogens with zero attached hydrogens (tertiary/aromatic N) is 4. The van der Waals surface area contributed by atoms with Crippen LogP contribution in [0.3, 0.4) is 0 Å². The predicted octanol–water partition coefficient (Wildman–Crippen LogP) is 3.97. The molecule has 0 atom stereocenters. The number of carbonyl (C=O) groups excluding carboxylic acids is 1. The molecule has 2 aromatic carbocycles. The third-order valence-electron chi connectivity index (χ3n) is 4.91. The zero-order valence-corrected chi connectivity index (χ0v) is 15.0. The average molecular weight is 367 g/mol.